The minimum absolute atomic E-state index is 0.0312. The summed E-state index contributed by atoms with van der Waals surface area (Å²) in [5.74, 6) is 0. The molecule has 64 valence electrons. The van der Waals surface area contributed by atoms with Gasteiger partial charge in [-0.15, -0.1) is 0 Å². The molecule has 2 N–H and O–H groups in total. The zero-order valence-corrected chi connectivity index (χ0v) is 7.53. The molecule has 0 aromatic carbocycles. The van der Waals surface area contributed by atoms with Gasteiger partial charge >= 0.3 is 0 Å². The van der Waals surface area contributed by atoms with Gasteiger partial charge in [0.1, 0.15) is 0 Å². The molecule has 0 spiro atoms. The van der Waals surface area contributed by atoms with Gasteiger partial charge in [0, 0.05) is 5.54 Å². The lowest BCUT2D eigenvalue weighted by atomic mass is 9.85. The van der Waals surface area contributed by atoms with E-state index in [1.54, 1.807) is 0 Å². The first-order chi connectivity index (χ1) is 5.15. The van der Waals surface area contributed by atoms with Crippen LogP contribution >= 0.6 is 0 Å². The molecular weight excluding hydrogens is 134 g/mol. The maximum Gasteiger partial charge on any atom is 0.0363 e. The van der Waals surface area contributed by atoms with Gasteiger partial charge in [-0.3, -0.25) is 0 Å². The Balaban J connectivity index is 2.59. The van der Waals surface area contributed by atoms with Crippen molar-refractivity contribution in [3.05, 3.63) is 12.2 Å². The van der Waals surface area contributed by atoms with Gasteiger partial charge in [0.25, 0.3) is 0 Å². The molecule has 11 heavy (non-hydrogen) atoms. The van der Waals surface area contributed by atoms with Gasteiger partial charge in [0.2, 0.25) is 0 Å². The Hall–Kier alpha value is -0.300. The summed E-state index contributed by atoms with van der Waals surface area (Å²) >= 11 is 0. The Bertz CT molecular complexity index is 141. The third-order valence-electron chi connectivity index (χ3n) is 2.85. The van der Waals surface area contributed by atoms with Crippen LogP contribution in [0.5, 0.6) is 0 Å². The summed E-state index contributed by atoms with van der Waals surface area (Å²) in [4.78, 5) is 0. The largest absolute Gasteiger partial charge is 0.322 e. The maximum atomic E-state index is 6.20. The van der Waals surface area contributed by atoms with Crippen LogP contribution in [0.2, 0.25) is 0 Å². The summed E-state index contributed by atoms with van der Waals surface area (Å²) in [6, 6.07) is 0. The summed E-state index contributed by atoms with van der Waals surface area (Å²) in [5.41, 5.74) is 7.34. The zero-order chi connectivity index (χ0) is 8.32. The van der Waals surface area contributed by atoms with Crippen molar-refractivity contribution in [1.82, 2.24) is 0 Å². The van der Waals surface area contributed by atoms with Gasteiger partial charge in [-0.25, -0.2) is 0 Å². The first-order valence-corrected chi connectivity index (χ1v) is 4.60. The second-order valence-electron chi connectivity index (χ2n) is 3.85. The predicted octanol–water partition coefficient (Wildman–Crippen LogP) is 2.61. The molecule has 0 aromatic heterocycles. The minimum atomic E-state index is -0.0312. The zero-order valence-electron chi connectivity index (χ0n) is 7.53. The normalized spacial score (nSPS) is 24.2. The van der Waals surface area contributed by atoms with E-state index in [9.17, 15) is 0 Å². The summed E-state index contributed by atoms with van der Waals surface area (Å²) < 4.78 is 0. The molecule has 0 heterocycles. The molecular formula is C10H19N. The summed E-state index contributed by atoms with van der Waals surface area (Å²) in [7, 11) is 0. The van der Waals surface area contributed by atoms with Gasteiger partial charge in [-0.1, -0.05) is 37.8 Å². The van der Waals surface area contributed by atoms with Crippen LogP contribution in [0, 0.1) is 0 Å². The highest BCUT2D eigenvalue weighted by Gasteiger charge is 2.26. The van der Waals surface area contributed by atoms with Crippen molar-refractivity contribution < 1.29 is 0 Å². The highest BCUT2D eigenvalue weighted by atomic mass is 14.7. The summed E-state index contributed by atoms with van der Waals surface area (Å²) in [6.45, 7) is 6.03. The smallest absolute Gasteiger partial charge is 0.0363 e. The number of hydrogen-bond acceptors (Lipinski definition) is 1. The first kappa shape index (κ1) is 8.79. The maximum absolute atomic E-state index is 6.20. The standard InChI is InChI=1S/C10H19N/c1-9(2)10(11)7-5-3-4-6-8-10/h1,3-8,11H2,2H3. The van der Waals surface area contributed by atoms with Crippen molar-refractivity contribution in [1.29, 1.82) is 0 Å². The molecule has 1 nitrogen and oxygen atoms in total. The van der Waals surface area contributed by atoms with E-state index < -0.39 is 0 Å². The molecule has 1 aliphatic carbocycles. The van der Waals surface area contributed by atoms with Crippen LogP contribution in [-0.4, -0.2) is 5.54 Å². The van der Waals surface area contributed by atoms with Gasteiger partial charge < -0.3 is 5.73 Å². The highest BCUT2D eigenvalue weighted by Crippen LogP contribution is 2.29. The fourth-order valence-corrected chi connectivity index (χ4v) is 1.79. The third kappa shape index (κ3) is 2.06. The van der Waals surface area contributed by atoms with Crippen molar-refractivity contribution >= 4 is 0 Å². The van der Waals surface area contributed by atoms with E-state index in [1.165, 1.54) is 31.3 Å². The van der Waals surface area contributed by atoms with Crippen molar-refractivity contribution in [2.75, 3.05) is 0 Å². The fourth-order valence-electron chi connectivity index (χ4n) is 1.79. The molecule has 0 bridgehead atoms. The monoisotopic (exact) mass is 153 g/mol. The average Bonchev–Trinajstić information content (AvgIpc) is 2.15. The van der Waals surface area contributed by atoms with Crippen LogP contribution in [0.25, 0.3) is 0 Å². The van der Waals surface area contributed by atoms with Crippen molar-refractivity contribution in [2.45, 2.75) is 51.0 Å². The van der Waals surface area contributed by atoms with Crippen LogP contribution < -0.4 is 5.73 Å². The van der Waals surface area contributed by atoms with Crippen molar-refractivity contribution in [3.8, 4) is 0 Å². The summed E-state index contributed by atoms with van der Waals surface area (Å²) in [5, 5.41) is 0. The first-order valence-electron chi connectivity index (χ1n) is 4.60. The summed E-state index contributed by atoms with van der Waals surface area (Å²) in [6.07, 6.45) is 7.55. The van der Waals surface area contributed by atoms with Gasteiger partial charge in [-0.2, -0.15) is 0 Å². The van der Waals surface area contributed by atoms with E-state index in [1.807, 2.05) is 0 Å². The van der Waals surface area contributed by atoms with Gasteiger partial charge in [-0.05, 0) is 19.8 Å². The fraction of sp³-hybridized carbons (Fsp3) is 0.800. The van der Waals surface area contributed by atoms with Crippen LogP contribution in [0.4, 0.5) is 0 Å². The Kier molecular flexibility index (Phi) is 2.72. The molecule has 1 heteroatoms. The molecule has 0 unspecified atom stereocenters. The lowest BCUT2D eigenvalue weighted by Gasteiger charge is -2.28. The quantitative estimate of drug-likeness (QED) is 0.455. The van der Waals surface area contributed by atoms with Crippen molar-refractivity contribution in [3.63, 3.8) is 0 Å². The molecule has 0 saturated heterocycles. The van der Waals surface area contributed by atoms with Crippen LogP contribution in [0.15, 0.2) is 12.2 Å². The molecule has 1 fully saturated rings. The Morgan fingerprint density at radius 2 is 1.64 bits per heavy atom. The molecule has 0 radical (unpaired) electrons. The van der Waals surface area contributed by atoms with E-state index >= 15 is 0 Å². The number of rotatable bonds is 1. The van der Waals surface area contributed by atoms with E-state index in [0.29, 0.717) is 0 Å². The minimum Gasteiger partial charge on any atom is -0.322 e. The second kappa shape index (κ2) is 3.40. The topological polar surface area (TPSA) is 26.0 Å². The highest BCUT2D eigenvalue weighted by molar-refractivity contribution is 5.12. The molecule has 0 atom stereocenters. The average molecular weight is 153 g/mol. The molecule has 0 amide bonds. The lowest BCUT2D eigenvalue weighted by molar-refractivity contribution is 0.436. The molecule has 1 saturated carbocycles. The Morgan fingerprint density at radius 3 is 2.00 bits per heavy atom. The number of hydrogen-bond donors (Lipinski definition) is 1. The Morgan fingerprint density at radius 1 is 1.18 bits per heavy atom. The second-order valence-corrected chi connectivity index (χ2v) is 3.85. The van der Waals surface area contributed by atoms with E-state index in [4.69, 9.17) is 5.73 Å². The van der Waals surface area contributed by atoms with Gasteiger partial charge in [0.15, 0.2) is 0 Å². The molecule has 0 aliphatic heterocycles. The molecule has 0 aromatic rings. The molecule has 1 aliphatic rings. The Labute approximate surface area is 69.7 Å². The van der Waals surface area contributed by atoms with Crippen LogP contribution in [0.1, 0.15) is 45.4 Å². The van der Waals surface area contributed by atoms with E-state index in [-0.39, 0.29) is 5.54 Å². The van der Waals surface area contributed by atoms with Crippen molar-refractivity contribution in [2.24, 2.45) is 5.73 Å². The van der Waals surface area contributed by atoms with Crippen LogP contribution in [0.3, 0.4) is 0 Å². The lowest BCUT2D eigenvalue weighted by Crippen LogP contribution is -2.39. The van der Waals surface area contributed by atoms with E-state index in [0.717, 1.165) is 12.8 Å². The number of nitrogens with two attached hydrogens (primary N) is 1. The SMILES string of the molecule is C=C(C)C1(N)CCCCCC1. The van der Waals surface area contributed by atoms with Crippen LogP contribution in [-0.2, 0) is 0 Å². The predicted molar refractivity (Wildman–Crippen MR) is 49.4 cm³/mol. The third-order valence-corrected chi connectivity index (χ3v) is 2.85. The van der Waals surface area contributed by atoms with E-state index in [2.05, 4.69) is 13.5 Å². The molecule has 1 rings (SSSR count). The van der Waals surface area contributed by atoms with Gasteiger partial charge in [0.05, 0.1) is 0 Å².